The average Bonchev–Trinajstić information content (AvgIpc) is 3.93. The number of halogens is 3. The minimum Gasteiger partial charge on any atom is -0.656 e. The summed E-state index contributed by atoms with van der Waals surface area (Å²) in [4.78, 5) is 15.1. The first-order valence-corrected chi connectivity index (χ1v) is 18.5. The van der Waals surface area contributed by atoms with Gasteiger partial charge in [0.2, 0.25) is 0 Å². The van der Waals surface area contributed by atoms with Crippen molar-refractivity contribution in [3.05, 3.63) is 182 Å². The van der Waals surface area contributed by atoms with Crippen molar-refractivity contribution in [1.82, 2.24) is 24.1 Å². The van der Waals surface area contributed by atoms with Crippen molar-refractivity contribution in [2.24, 2.45) is 0 Å². The van der Waals surface area contributed by atoms with Gasteiger partial charge in [-0.25, -0.2) is 9.97 Å². The maximum absolute atomic E-state index is 14.9. The summed E-state index contributed by atoms with van der Waals surface area (Å²) in [5.74, 6) is 1.23. The molecule has 11 aromatic rings. The fourth-order valence-corrected chi connectivity index (χ4v) is 8.27. The molecule has 0 aliphatic rings. The van der Waals surface area contributed by atoms with E-state index in [1.165, 1.54) is 6.07 Å². The van der Waals surface area contributed by atoms with Crippen molar-refractivity contribution in [2.45, 2.75) is 6.18 Å². The number of pyridine rings is 1. The van der Waals surface area contributed by atoms with Crippen LogP contribution in [0.3, 0.4) is 0 Å². The smallest absolute Gasteiger partial charge is 0.656 e. The quantitative estimate of drug-likeness (QED) is 0.162. The van der Waals surface area contributed by atoms with Crippen LogP contribution < -0.4 is 4.98 Å². The Hall–Kier alpha value is -6.76. The molecule has 0 unspecified atom stereocenters. The van der Waals surface area contributed by atoms with Gasteiger partial charge in [-0.3, -0.25) is 4.57 Å². The molecule has 58 heavy (non-hydrogen) atoms. The molecular formula is C49H28F3N5Pt. The van der Waals surface area contributed by atoms with Gasteiger partial charge in [-0.2, -0.15) is 13.2 Å². The van der Waals surface area contributed by atoms with E-state index in [0.29, 0.717) is 27.8 Å². The molecule has 5 nitrogen and oxygen atoms in total. The first-order valence-electron chi connectivity index (χ1n) is 18.5. The molecule has 0 fully saturated rings. The Morgan fingerprint density at radius 1 is 0.569 bits per heavy atom. The van der Waals surface area contributed by atoms with E-state index in [1.54, 1.807) is 59.3 Å². The first kappa shape index (κ1) is 35.6. The van der Waals surface area contributed by atoms with Crippen LogP contribution in [0.4, 0.5) is 13.2 Å². The average molecular weight is 939 g/mol. The summed E-state index contributed by atoms with van der Waals surface area (Å²) >= 11 is 0. The van der Waals surface area contributed by atoms with E-state index >= 15 is 0 Å². The Labute approximate surface area is 344 Å². The van der Waals surface area contributed by atoms with Crippen molar-refractivity contribution in [3.63, 3.8) is 0 Å². The molecule has 0 saturated heterocycles. The van der Waals surface area contributed by atoms with Gasteiger partial charge in [-0.05, 0) is 69.2 Å². The number of para-hydroxylation sites is 4. The second-order valence-corrected chi connectivity index (χ2v) is 14.0. The van der Waals surface area contributed by atoms with Crippen molar-refractivity contribution in [3.8, 4) is 45.1 Å². The maximum Gasteiger partial charge on any atom is 2.00 e. The molecule has 11 rings (SSSR count). The van der Waals surface area contributed by atoms with Crippen molar-refractivity contribution >= 4 is 54.6 Å². The molecule has 4 aromatic heterocycles. The zero-order chi connectivity index (χ0) is 38.3. The zero-order valence-corrected chi connectivity index (χ0v) is 32.6. The number of imidazole rings is 1. The molecule has 0 aliphatic heterocycles. The second kappa shape index (κ2) is 13.7. The van der Waals surface area contributed by atoms with Gasteiger partial charge in [-0.15, -0.1) is 34.8 Å². The summed E-state index contributed by atoms with van der Waals surface area (Å²) in [6, 6.07) is 55.2. The van der Waals surface area contributed by atoms with E-state index in [9.17, 15) is 13.2 Å². The van der Waals surface area contributed by atoms with Crippen LogP contribution in [0.15, 0.2) is 170 Å². The molecule has 0 spiro atoms. The standard InChI is InChI=1S/C49H28F3N5.Pt/c50-49(51,52)40-29-44-39(28-38(40)30-13-3-1-4-14-30)35-25-24-31(27-43(35)57(44)45-23-9-10-26-53-45)33-18-12-22-42-47(33)55-48(56(42)32-15-5-2-6-16-32)37-20-11-19-36-34-17-7-8-21-41(34)54-46(36)37;/h1-26,28-29H;/q-2;+2. The molecule has 0 aliphatic carbocycles. The Morgan fingerprint density at radius 2 is 1.29 bits per heavy atom. The van der Waals surface area contributed by atoms with E-state index in [0.717, 1.165) is 66.4 Å². The fourth-order valence-electron chi connectivity index (χ4n) is 8.27. The number of benzene rings is 7. The van der Waals surface area contributed by atoms with Gasteiger partial charge in [0.1, 0.15) is 11.6 Å². The summed E-state index contributed by atoms with van der Waals surface area (Å²) in [7, 11) is 0. The first-order chi connectivity index (χ1) is 27.9. The Morgan fingerprint density at radius 3 is 2.09 bits per heavy atom. The van der Waals surface area contributed by atoms with Gasteiger partial charge < -0.3 is 9.55 Å². The van der Waals surface area contributed by atoms with Crippen LogP contribution >= 0.6 is 0 Å². The summed E-state index contributed by atoms with van der Waals surface area (Å²) in [6.45, 7) is 0. The SMILES string of the molecule is FC(F)(F)c1cc2c(cc1-c1ccccc1)c1ccc(-c3cccc4c3nc(-c3cccc5c3[n-]c3ccccc35)n4-c3ccccc3)[c-]c1n2-c1ccccn1.[Pt+2]. The molecule has 0 bridgehead atoms. The number of hydrogen-bond donors (Lipinski definition) is 0. The minimum absolute atomic E-state index is 0. The van der Waals surface area contributed by atoms with Crippen LogP contribution in [0.1, 0.15) is 5.56 Å². The van der Waals surface area contributed by atoms with E-state index in [2.05, 4.69) is 52.0 Å². The molecule has 0 amide bonds. The van der Waals surface area contributed by atoms with Crippen molar-refractivity contribution in [2.75, 3.05) is 0 Å². The Bertz CT molecular complexity index is 3330. The summed E-state index contributed by atoms with van der Waals surface area (Å²) < 4.78 is 48.5. The number of fused-ring (bicyclic) bond motifs is 7. The van der Waals surface area contributed by atoms with Crippen LogP contribution in [0.5, 0.6) is 0 Å². The molecule has 0 atom stereocenters. The summed E-state index contributed by atoms with van der Waals surface area (Å²) in [5.41, 5.74) is 7.75. The van der Waals surface area contributed by atoms with Gasteiger partial charge in [-0.1, -0.05) is 126 Å². The number of hydrogen-bond acceptors (Lipinski definition) is 2. The second-order valence-electron chi connectivity index (χ2n) is 14.0. The van der Waals surface area contributed by atoms with Crippen LogP contribution in [-0.2, 0) is 27.2 Å². The molecule has 9 heteroatoms. The van der Waals surface area contributed by atoms with Crippen molar-refractivity contribution in [1.29, 1.82) is 0 Å². The third-order valence-corrected chi connectivity index (χ3v) is 10.8. The normalized spacial score (nSPS) is 11.9. The van der Waals surface area contributed by atoms with Gasteiger partial charge in [0.15, 0.2) is 0 Å². The maximum atomic E-state index is 14.9. The van der Waals surface area contributed by atoms with Crippen LogP contribution in [0, 0.1) is 6.07 Å². The van der Waals surface area contributed by atoms with Crippen LogP contribution in [0.2, 0.25) is 0 Å². The molecule has 4 heterocycles. The van der Waals surface area contributed by atoms with Crippen LogP contribution in [-0.4, -0.2) is 19.1 Å². The molecule has 0 saturated carbocycles. The summed E-state index contributed by atoms with van der Waals surface area (Å²) in [6.07, 6.45) is -2.96. The van der Waals surface area contributed by atoms with Gasteiger partial charge >= 0.3 is 27.2 Å². The predicted molar refractivity (Wildman–Crippen MR) is 222 cm³/mol. The van der Waals surface area contributed by atoms with Gasteiger partial charge in [0.25, 0.3) is 0 Å². The van der Waals surface area contributed by atoms with Crippen molar-refractivity contribution < 1.29 is 34.2 Å². The molecular weight excluding hydrogens is 911 g/mol. The largest absolute Gasteiger partial charge is 2.00 e. The van der Waals surface area contributed by atoms with E-state index in [4.69, 9.17) is 9.97 Å². The Kier molecular flexibility index (Phi) is 8.43. The predicted octanol–water partition coefficient (Wildman–Crippen LogP) is 12.6. The van der Waals surface area contributed by atoms with Gasteiger partial charge in [0, 0.05) is 23.0 Å². The summed E-state index contributed by atoms with van der Waals surface area (Å²) in [5, 5.41) is 3.57. The van der Waals surface area contributed by atoms with E-state index < -0.39 is 11.7 Å². The fraction of sp³-hybridized carbons (Fsp3) is 0.0204. The topological polar surface area (TPSA) is 49.7 Å². The van der Waals surface area contributed by atoms with Gasteiger partial charge in [0.05, 0.1) is 16.6 Å². The molecule has 7 aromatic carbocycles. The van der Waals surface area contributed by atoms with E-state index in [-0.39, 0.29) is 26.6 Å². The number of rotatable bonds is 5. The monoisotopic (exact) mass is 938 g/mol. The third-order valence-electron chi connectivity index (χ3n) is 10.8. The third kappa shape index (κ3) is 5.58. The number of alkyl halides is 3. The molecule has 0 N–H and O–H groups in total. The van der Waals surface area contributed by atoms with E-state index in [1.807, 2.05) is 72.8 Å². The Balaban J connectivity index is 0.00000408. The minimum atomic E-state index is -4.60. The number of nitrogens with zero attached hydrogens (tertiary/aromatic N) is 5. The number of aromatic nitrogens is 5. The van der Waals surface area contributed by atoms with Crippen LogP contribution in [0.25, 0.3) is 99.8 Å². The molecule has 280 valence electrons. The zero-order valence-electron chi connectivity index (χ0n) is 30.4. The molecule has 0 radical (unpaired) electrons.